The number of amides is 2. The number of para-hydroxylation sites is 1. The van der Waals surface area contributed by atoms with E-state index in [1.54, 1.807) is 55.5 Å². The minimum Gasteiger partial charge on any atom is -0.352 e. The molecule has 0 aliphatic heterocycles. The van der Waals surface area contributed by atoms with Gasteiger partial charge in [-0.1, -0.05) is 47.5 Å². The molecule has 0 spiro atoms. The number of nitrogens with one attached hydrogen (secondary N) is 1. The molecule has 0 saturated carbocycles. The monoisotopic (exact) mass is 527 g/mol. The molecule has 2 amide bonds. The van der Waals surface area contributed by atoms with E-state index in [4.69, 9.17) is 23.2 Å². The van der Waals surface area contributed by atoms with Gasteiger partial charge in [0, 0.05) is 35.6 Å². The number of benzene rings is 2. The van der Waals surface area contributed by atoms with Gasteiger partial charge in [-0.05, 0) is 57.0 Å². The van der Waals surface area contributed by atoms with E-state index in [0.29, 0.717) is 21.3 Å². The molecule has 0 saturated heterocycles. The molecule has 0 aliphatic carbocycles. The number of nitrogens with zero attached hydrogens (tertiary/aromatic N) is 2. The molecule has 0 aromatic heterocycles. The van der Waals surface area contributed by atoms with Crippen LogP contribution in [-0.4, -0.2) is 50.0 Å². The first-order chi connectivity index (χ1) is 15.9. The van der Waals surface area contributed by atoms with Crippen LogP contribution >= 0.6 is 23.2 Å². The van der Waals surface area contributed by atoms with Crippen molar-refractivity contribution in [3.63, 3.8) is 0 Å². The van der Waals surface area contributed by atoms with Gasteiger partial charge in [0.1, 0.15) is 6.04 Å². The SMILES string of the molecule is CC(C)NC(=O)[C@H](C)N(Cc1ccc(Cl)cc1Cl)C(=O)CCCN(c1ccccc1)S(C)(=O)=O. The quantitative estimate of drug-likeness (QED) is 0.466. The molecule has 0 heterocycles. The van der Waals surface area contributed by atoms with Crippen LogP contribution in [0.15, 0.2) is 48.5 Å². The molecule has 2 rings (SSSR count). The summed E-state index contributed by atoms with van der Waals surface area (Å²) in [6.45, 7) is 5.60. The number of hydrogen-bond acceptors (Lipinski definition) is 4. The van der Waals surface area contributed by atoms with Crippen LogP contribution < -0.4 is 9.62 Å². The summed E-state index contributed by atoms with van der Waals surface area (Å²) >= 11 is 12.3. The van der Waals surface area contributed by atoms with Crippen LogP contribution in [0.2, 0.25) is 10.0 Å². The number of halogens is 2. The first kappa shape index (κ1) is 28.0. The molecule has 1 N–H and O–H groups in total. The average molecular weight is 529 g/mol. The molecule has 2 aromatic rings. The smallest absolute Gasteiger partial charge is 0.242 e. The van der Waals surface area contributed by atoms with Crippen molar-refractivity contribution >= 4 is 50.7 Å². The van der Waals surface area contributed by atoms with Crippen molar-refractivity contribution in [2.24, 2.45) is 0 Å². The summed E-state index contributed by atoms with van der Waals surface area (Å²) in [4.78, 5) is 27.4. The molecule has 186 valence electrons. The third-order valence-electron chi connectivity index (χ3n) is 5.15. The standard InChI is InChI=1S/C24H31Cl2N3O4S/c1-17(2)27-24(31)18(3)28(16-19-12-13-20(25)15-22(19)26)23(30)11-8-14-29(34(4,32)33)21-9-6-5-7-10-21/h5-7,9-10,12-13,15,17-18H,8,11,14,16H2,1-4H3,(H,27,31)/t18-/m0/s1. The van der Waals surface area contributed by atoms with Crippen LogP contribution in [0.4, 0.5) is 5.69 Å². The summed E-state index contributed by atoms with van der Waals surface area (Å²) in [5.41, 5.74) is 1.19. The van der Waals surface area contributed by atoms with Crippen molar-refractivity contribution in [2.75, 3.05) is 17.1 Å². The Balaban J connectivity index is 2.19. The van der Waals surface area contributed by atoms with Crippen molar-refractivity contribution in [2.45, 2.75) is 52.2 Å². The van der Waals surface area contributed by atoms with Crippen LogP contribution in [-0.2, 0) is 26.2 Å². The minimum absolute atomic E-state index is 0.0589. The van der Waals surface area contributed by atoms with Crippen LogP contribution in [0.3, 0.4) is 0 Å². The highest BCUT2D eigenvalue weighted by Gasteiger charge is 2.27. The van der Waals surface area contributed by atoms with Gasteiger partial charge in [-0.2, -0.15) is 0 Å². The molecule has 0 radical (unpaired) electrons. The summed E-state index contributed by atoms with van der Waals surface area (Å²) in [5.74, 6) is -0.561. The first-order valence-corrected chi connectivity index (χ1v) is 13.6. The van der Waals surface area contributed by atoms with Gasteiger partial charge in [0.2, 0.25) is 21.8 Å². The molecule has 0 fully saturated rings. The molecular formula is C24H31Cl2N3O4S. The van der Waals surface area contributed by atoms with Gasteiger partial charge in [-0.15, -0.1) is 0 Å². The fourth-order valence-corrected chi connectivity index (χ4v) is 4.85. The Labute approximate surface area is 212 Å². The van der Waals surface area contributed by atoms with E-state index in [1.165, 1.54) is 9.21 Å². The van der Waals surface area contributed by atoms with Crippen molar-refractivity contribution in [3.8, 4) is 0 Å². The third-order valence-corrected chi connectivity index (χ3v) is 6.93. The van der Waals surface area contributed by atoms with Crippen molar-refractivity contribution in [1.29, 1.82) is 0 Å². The maximum Gasteiger partial charge on any atom is 0.242 e. The Morgan fingerprint density at radius 1 is 1.03 bits per heavy atom. The molecule has 10 heteroatoms. The van der Waals surface area contributed by atoms with E-state index in [1.807, 2.05) is 13.8 Å². The topological polar surface area (TPSA) is 86.8 Å². The fourth-order valence-electron chi connectivity index (χ4n) is 3.42. The second kappa shape index (κ2) is 12.4. The molecule has 34 heavy (non-hydrogen) atoms. The number of rotatable bonds is 11. The Bertz CT molecular complexity index is 1090. The first-order valence-electron chi connectivity index (χ1n) is 11.0. The summed E-state index contributed by atoms with van der Waals surface area (Å²) in [6.07, 6.45) is 1.47. The van der Waals surface area contributed by atoms with E-state index in [9.17, 15) is 18.0 Å². The lowest BCUT2D eigenvalue weighted by molar-refractivity contribution is -0.140. The van der Waals surface area contributed by atoms with Crippen molar-refractivity contribution in [3.05, 3.63) is 64.1 Å². The van der Waals surface area contributed by atoms with Gasteiger partial charge < -0.3 is 10.2 Å². The highest BCUT2D eigenvalue weighted by Crippen LogP contribution is 2.24. The molecule has 0 aliphatic rings. The lowest BCUT2D eigenvalue weighted by atomic mass is 10.1. The largest absolute Gasteiger partial charge is 0.352 e. The molecule has 2 aromatic carbocycles. The summed E-state index contributed by atoms with van der Waals surface area (Å²) in [5, 5.41) is 3.70. The van der Waals surface area contributed by atoms with Gasteiger partial charge in [-0.25, -0.2) is 8.42 Å². The molecular weight excluding hydrogens is 497 g/mol. The average Bonchev–Trinajstić information content (AvgIpc) is 2.75. The summed E-state index contributed by atoms with van der Waals surface area (Å²) < 4.78 is 25.9. The number of hydrogen-bond donors (Lipinski definition) is 1. The van der Waals surface area contributed by atoms with Crippen LogP contribution in [0.1, 0.15) is 39.2 Å². The fraction of sp³-hybridized carbons (Fsp3) is 0.417. The number of anilines is 1. The lowest BCUT2D eigenvalue weighted by Gasteiger charge is -2.30. The van der Waals surface area contributed by atoms with Crippen molar-refractivity contribution < 1.29 is 18.0 Å². The normalized spacial score (nSPS) is 12.3. The number of carbonyl (C=O) groups is 2. The Morgan fingerprint density at radius 3 is 2.24 bits per heavy atom. The van der Waals surface area contributed by atoms with Gasteiger partial charge in [0.25, 0.3) is 0 Å². The summed E-state index contributed by atoms with van der Waals surface area (Å²) in [7, 11) is -3.52. The van der Waals surface area contributed by atoms with Crippen LogP contribution in [0, 0.1) is 0 Å². The highest BCUT2D eigenvalue weighted by atomic mass is 35.5. The minimum atomic E-state index is -3.52. The van der Waals surface area contributed by atoms with E-state index < -0.39 is 16.1 Å². The zero-order valence-corrected chi connectivity index (χ0v) is 22.1. The molecule has 7 nitrogen and oxygen atoms in total. The van der Waals surface area contributed by atoms with Crippen LogP contribution in [0.25, 0.3) is 0 Å². The van der Waals surface area contributed by atoms with E-state index in [2.05, 4.69) is 5.32 Å². The van der Waals surface area contributed by atoms with E-state index in [0.717, 1.165) is 6.26 Å². The van der Waals surface area contributed by atoms with Crippen molar-refractivity contribution in [1.82, 2.24) is 10.2 Å². The van der Waals surface area contributed by atoms with Gasteiger partial charge in [-0.3, -0.25) is 13.9 Å². The van der Waals surface area contributed by atoms with E-state index in [-0.39, 0.29) is 43.8 Å². The number of carbonyl (C=O) groups excluding carboxylic acids is 2. The Kier molecular flexibility index (Phi) is 10.2. The zero-order chi connectivity index (χ0) is 25.5. The second-order valence-corrected chi connectivity index (χ2v) is 11.1. The van der Waals surface area contributed by atoms with Gasteiger partial charge in [0.15, 0.2) is 0 Å². The second-order valence-electron chi connectivity index (χ2n) is 8.37. The highest BCUT2D eigenvalue weighted by molar-refractivity contribution is 7.92. The summed E-state index contributed by atoms with van der Waals surface area (Å²) in [6, 6.07) is 12.9. The van der Waals surface area contributed by atoms with E-state index >= 15 is 0 Å². The predicted octanol–water partition coefficient (Wildman–Crippen LogP) is 4.48. The Morgan fingerprint density at radius 2 is 1.68 bits per heavy atom. The molecule has 0 unspecified atom stereocenters. The zero-order valence-electron chi connectivity index (χ0n) is 19.8. The maximum absolute atomic E-state index is 13.2. The van der Waals surface area contributed by atoms with Gasteiger partial charge in [0.05, 0.1) is 11.9 Å². The maximum atomic E-state index is 13.2. The molecule has 0 bridgehead atoms. The lowest BCUT2D eigenvalue weighted by Crippen LogP contribution is -2.49. The van der Waals surface area contributed by atoms with Gasteiger partial charge >= 0.3 is 0 Å². The molecule has 1 atom stereocenters. The predicted molar refractivity (Wildman–Crippen MR) is 138 cm³/mol. The van der Waals surface area contributed by atoms with Crippen LogP contribution in [0.5, 0.6) is 0 Å². The number of sulfonamides is 1. The third kappa shape index (κ3) is 8.18. The Hall–Kier alpha value is -2.29.